The molecule has 2 rings (SSSR count). The van der Waals surface area contributed by atoms with E-state index in [0.29, 0.717) is 21.2 Å². The highest BCUT2D eigenvalue weighted by molar-refractivity contribution is 6.31. The molecule has 0 amide bonds. The molecule has 1 nitrogen and oxygen atoms in total. The maximum atomic E-state index is 13.7. The molecule has 4 heteroatoms. The van der Waals surface area contributed by atoms with Crippen LogP contribution in [0.15, 0.2) is 36.4 Å². The van der Waals surface area contributed by atoms with E-state index < -0.39 is 11.9 Å². The highest BCUT2D eigenvalue weighted by Gasteiger charge is 2.16. The Morgan fingerprint density at radius 3 is 2.63 bits per heavy atom. The molecule has 0 saturated heterocycles. The van der Waals surface area contributed by atoms with E-state index in [1.807, 2.05) is 13.0 Å². The van der Waals surface area contributed by atoms with Gasteiger partial charge < -0.3 is 5.11 Å². The zero-order chi connectivity index (χ0) is 14.0. The molecule has 0 bridgehead atoms. The van der Waals surface area contributed by atoms with E-state index in [-0.39, 0.29) is 6.42 Å². The summed E-state index contributed by atoms with van der Waals surface area (Å²) in [5.74, 6) is -0.411. The van der Waals surface area contributed by atoms with Gasteiger partial charge in [0.2, 0.25) is 0 Å². The molecule has 2 aromatic rings. The van der Waals surface area contributed by atoms with Gasteiger partial charge in [-0.15, -0.1) is 0 Å². The van der Waals surface area contributed by atoms with Crippen molar-refractivity contribution in [2.24, 2.45) is 0 Å². The molecule has 0 spiro atoms. The Kier molecular flexibility index (Phi) is 4.46. The third kappa shape index (κ3) is 3.27. The van der Waals surface area contributed by atoms with Gasteiger partial charge in [-0.05, 0) is 42.3 Å². The van der Waals surface area contributed by atoms with E-state index in [1.54, 1.807) is 18.2 Å². The molecule has 0 aliphatic rings. The van der Waals surface area contributed by atoms with Gasteiger partial charge in [-0.3, -0.25) is 0 Å². The van der Waals surface area contributed by atoms with Crippen molar-refractivity contribution in [3.63, 3.8) is 0 Å². The summed E-state index contributed by atoms with van der Waals surface area (Å²) in [7, 11) is 0. The molecular formula is C15H13Cl2FO. The molecule has 0 radical (unpaired) electrons. The van der Waals surface area contributed by atoms with Crippen molar-refractivity contribution >= 4 is 23.2 Å². The van der Waals surface area contributed by atoms with Gasteiger partial charge in [0, 0.05) is 22.0 Å². The van der Waals surface area contributed by atoms with Gasteiger partial charge in [-0.25, -0.2) is 4.39 Å². The second kappa shape index (κ2) is 5.91. The van der Waals surface area contributed by atoms with Crippen LogP contribution in [0, 0.1) is 12.7 Å². The van der Waals surface area contributed by atoms with Crippen LogP contribution in [0.5, 0.6) is 0 Å². The van der Waals surface area contributed by atoms with Gasteiger partial charge in [-0.2, -0.15) is 0 Å². The Morgan fingerprint density at radius 2 is 1.95 bits per heavy atom. The largest absolute Gasteiger partial charge is 0.388 e. The predicted octanol–water partition coefficient (Wildman–Crippen LogP) is 4.72. The molecule has 0 aromatic heterocycles. The Hall–Kier alpha value is -1.09. The first-order valence-corrected chi connectivity index (χ1v) is 6.61. The normalized spacial score (nSPS) is 12.5. The number of halogens is 3. The fourth-order valence-electron chi connectivity index (χ4n) is 2.00. The molecule has 0 heterocycles. The van der Waals surface area contributed by atoms with Gasteiger partial charge in [-0.1, -0.05) is 35.3 Å². The molecule has 19 heavy (non-hydrogen) atoms. The van der Waals surface area contributed by atoms with Gasteiger partial charge in [0.05, 0.1) is 6.10 Å². The van der Waals surface area contributed by atoms with E-state index in [0.717, 1.165) is 5.56 Å². The molecule has 0 aliphatic heterocycles. The van der Waals surface area contributed by atoms with Gasteiger partial charge in [0.15, 0.2) is 0 Å². The van der Waals surface area contributed by atoms with Crippen molar-refractivity contribution in [3.05, 3.63) is 69.0 Å². The van der Waals surface area contributed by atoms with Gasteiger partial charge in [0.1, 0.15) is 5.82 Å². The minimum atomic E-state index is -0.840. The van der Waals surface area contributed by atoms with E-state index in [2.05, 4.69) is 0 Å². The summed E-state index contributed by atoms with van der Waals surface area (Å²) < 4.78 is 13.7. The van der Waals surface area contributed by atoms with E-state index in [1.165, 1.54) is 12.1 Å². The molecule has 0 fully saturated rings. The summed E-state index contributed by atoms with van der Waals surface area (Å²) in [4.78, 5) is 0. The summed E-state index contributed by atoms with van der Waals surface area (Å²) in [6.45, 7) is 1.87. The fraction of sp³-hybridized carbons (Fsp3) is 0.200. The van der Waals surface area contributed by atoms with Crippen LogP contribution in [0.4, 0.5) is 4.39 Å². The Balaban J connectivity index is 2.31. The van der Waals surface area contributed by atoms with Crippen LogP contribution in [0.3, 0.4) is 0 Å². The first-order valence-electron chi connectivity index (χ1n) is 5.86. The average molecular weight is 299 g/mol. The Bertz CT molecular complexity index is 578. The lowest BCUT2D eigenvalue weighted by molar-refractivity contribution is 0.176. The fourth-order valence-corrected chi connectivity index (χ4v) is 2.42. The first kappa shape index (κ1) is 14.3. The smallest absolute Gasteiger partial charge is 0.127 e. The van der Waals surface area contributed by atoms with Crippen LogP contribution in [0.25, 0.3) is 0 Å². The Labute approximate surface area is 121 Å². The number of aryl methyl sites for hydroxylation is 1. The summed E-state index contributed by atoms with van der Waals surface area (Å²) in [5.41, 5.74) is 1.91. The van der Waals surface area contributed by atoms with Crippen LogP contribution in [0.1, 0.15) is 22.8 Å². The topological polar surface area (TPSA) is 20.2 Å². The monoisotopic (exact) mass is 298 g/mol. The second-order valence-electron chi connectivity index (χ2n) is 4.42. The van der Waals surface area contributed by atoms with Crippen LogP contribution in [0.2, 0.25) is 10.0 Å². The number of hydrogen-bond acceptors (Lipinski definition) is 1. The number of hydrogen-bond donors (Lipinski definition) is 1. The standard InChI is InChI=1S/C15H13Cl2FO/c1-9-5-6-10(16)7-11(9)15(19)8-12-13(17)3-2-4-14(12)18/h2-7,15,19H,8H2,1H3. The van der Waals surface area contributed by atoms with E-state index >= 15 is 0 Å². The quantitative estimate of drug-likeness (QED) is 0.869. The average Bonchev–Trinajstić information content (AvgIpc) is 2.37. The summed E-state index contributed by atoms with van der Waals surface area (Å²) >= 11 is 11.9. The van der Waals surface area contributed by atoms with E-state index in [9.17, 15) is 9.50 Å². The van der Waals surface area contributed by atoms with Crippen molar-refractivity contribution in [2.75, 3.05) is 0 Å². The zero-order valence-corrected chi connectivity index (χ0v) is 11.8. The van der Waals surface area contributed by atoms with Gasteiger partial charge in [0.25, 0.3) is 0 Å². The molecule has 0 aliphatic carbocycles. The number of rotatable bonds is 3. The first-order chi connectivity index (χ1) is 8.99. The molecular weight excluding hydrogens is 286 g/mol. The zero-order valence-electron chi connectivity index (χ0n) is 10.3. The Morgan fingerprint density at radius 1 is 1.21 bits per heavy atom. The minimum Gasteiger partial charge on any atom is -0.388 e. The number of benzene rings is 2. The van der Waals surface area contributed by atoms with Crippen LogP contribution < -0.4 is 0 Å². The SMILES string of the molecule is Cc1ccc(Cl)cc1C(O)Cc1c(F)cccc1Cl. The molecule has 1 atom stereocenters. The van der Waals surface area contributed by atoms with Crippen molar-refractivity contribution in [1.29, 1.82) is 0 Å². The maximum Gasteiger partial charge on any atom is 0.127 e. The predicted molar refractivity (Wildman–Crippen MR) is 76.3 cm³/mol. The van der Waals surface area contributed by atoms with Crippen LogP contribution >= 0.6 is 23.2 Å². The third-order valence-electron chi connectivity index (χ3n) is 3.06. The summed E-state index contributed by atoms with van der Waals surface area (Å²) in [5, 5.41) is 11.1. The minimum absolute atomic E-state index is 0.118. The van der Waals surface area contributed by atoms with Crippen molar-refractivity contribution in [3.8, 4) is 0 Å². The summed E-state index contributed by atoms with van der Waals surface area (Å²) in [6.07, 6.45) is -0.722. The highest BCUT2D eigenvalue weighted by Crippen LogP contribution is 2.28. The highest BCUT2D eigenvalue weighted by atomic mass is 35.5. The lowest BCUT2D eigenvalue weighted by atomic mass is 9.97. The van der Waals surface area contributed by atoms with E-state index in [4.69, 9.17) is 23.2 Å². The van der Waals surface area contributed by atoms with Crippen molar-refractivity contribution in [1.82, 2.24) is 0 Å². The van der Waals surface area contributed by atoms with Crippen molar-refractivity contribution < 1.29 is 9.50 Å². The molecule has 2 aromatic carbocycles. The number of aliphatic hydroxyl groups excluding tert-OH is 1. The molecule has 1 unspecified atom stereocenters. The van der Waals surface area contributed by atoms with Crippen LogP contribution in [-0.4, -0.2) is 5.11 Å². The summed E-state index contributed by atoms with van der Waals surface area (Å²) in [6, 6.07) is 9.75. The third-order valence-corrected chi connectivity index (χ3v) is 3.65. The molecule has 1 N–H and O–H groups in total. The van der Waals surface area contributed by atoms with Gasteiger partial charge >= 0.3 is 0 Å². The molecule has 0 saturated carbocycles. The second-order valence-corrected chi connectivity index (χ2v) is 5.26. The number of aliphatic hydroxyl groups is 1. The van der Waals surface area contributed by atoms with Crippen molar-refractivity contribution in [2.45, 2.75) is 19.4 Å². The maximum absolute atomic E-state index is 13.7. The lowest BCUT2D eigenvalue weighted by Gasteiger charge is -2.15. The molecule has 100 valence electrons. The lowest BCUT2D eigenvalue weighted by Crippen LogP contribution is -2.06. The van der Waals surface area contributed by atoms with Crippen LogP contribution in [-0.2, 0) is 6.42 Å².